The zero-order valence-corrected chi connectivity index (χ0v) is 6.84. The Hall–Kier alpha value is -0.740. The molecule has 11 heavy (non-hydrogen) atoms. The van der Waals surface area contributed by atoms with Crippen LogP contribution >= 0.6 is 23.4 Å². The molecule has 0 aliphatic carbocycles. The van der Waals surface area contributed by atoms with Gasteiger partial charge in [0.15, 0.2) is 0 Å². The van der Waals surface area contributed by atoms with Gasteiger partial charge in [0, 0.05) is 18.0 Å². The van der Waals surface area contributed by atoms with E-state index in [-0.39, 0.29) is 0 Å². The molecule has 0 fully saturated rings. The molecule has 4 nitrogen and oxygen atoms in total. The van der Waals surface area contributed by atoms with Crippen LogP contribution in [0.2, 0.25) is 0 Å². The Morgan fingerprint density at radius 1 is 1.55 bits per heavy atom. The highest BCUT2D eigenvalue weighted by Crippen LogP contribution is 2.36. The molecule has 0 spiro atoms. The van der Waals surface area contributed by atoms with Crippen molar-refractivity contribution in [2.75, 3.05) is 0 Å². The molecule has 0 saturated heterocycles. The highest BCUT2D eigenvalue weighted by atomic mass is 35.5. The van der Waals surface area contributed by atoms with Crippen LogP contribution in [0, 0.1) is 0 Å². The fourth-order valence-corrected chi connectivity index (χ4v) is 1.38. The first-order chi connectivity index (χ1) is 5.22. The summed E-state index contributed by atoms with van der Waals surface area (Å²) < 4.78 is 1.30. The molecular formula is C5H4Cl2N4. The zero-order valence-electron chi connectivity index (χ0n) is 5.33. The van der Waals surface area contributed by atoms with E-state index in [0.29, 0.717) is 5.70 Å². The van der Waals surface area contributed by atoms with Gasteiger partial charge in [-0.25, -0.2) is 14.4 Å². The van der Waals surface area contributed by atoms with E-state index in [2.05, 4.69) is 15.3 Å². The molecule has 2 rings (SSSR count). The van der Waals surface area contributed by atoms with Gasteiger partial charge in [-0.15, -0.1) is 0 Å². The van der Waals surface area contributed by atoms with Crippen LogP contribution in [0.4, 0.5) is 0 Å². The van der Waals surface area contributed by atoms with Gasteiger partial charge in [-0.3, -0.25) is 0 Å². The normalized spacial score (nSPS) is 33.3. The number of alkyl halides is 1. The van der Waals surface area contributed by atoms with Crippen LogP contribution in [-0.2, 0) is 0 Å². The van der Waals surface area contributed by atoms with Crippen molar-refractivity contribution >= 4 is 36.1 Å². The van der Waals surface area contributed by atoms with Crippen LogP contribution < -0.4 is 5.32 Å². The van der Waals surface area contributed by atoms with Gasteiger partial charge in [0.2, 0.25) is 0 Å². The first kappa shape index (κ1) is 6.94. The van der Waals surface area contributed by atoms with Gasteiger partial charge in [-0.1, -0.05) is 11.6 Å². The minimum atomic E-state index is -1.03. The van der Waals surface area contributed by atoms with Crippen molar-refractivity contribution < 1.29 is 0 Å². The maximum absolute atomic E-state index is 5.94. The predicted octanol–water partition coefficient (Wildman–Crippen LogP) is 0.850. The smallest absolute Gasteiger partial charge is 0.273 e. The topological polar surface area (TPSA) is 40.0 Å². The lowest BCUT2D eigenvalue weighted by molar-refractivity contribution is 0.665. The molecule has 2 heterocycles. The second kappa shape index (κ2) is 2.12. The fourth-order valence-electron chi connectivity index (χ4n) is 0.883. The van der Waals surface area contributed by atoms with E-state index in [1.165, 1.54) is 17.1 Å². The summed E-state index contributed by atoms with van der Waals surface area (Å²) in [5, 5.41) is 1.73. The highest BCUT2D eigenvalue weighted by molar-refractivity contribution is 6.30. The van der Waals surface area contributed by atoms with Crippen molar-refractivity contribution in [3.05, 3.63) is 11.9 Å². The SMILES string of the molecule is ClN1C=NC2(Cl)N=CNC=C12. The molecule has 0 saturated carbocycles. The van der Waals surface area contributed by atoms with Crippen molar-refractivity contribution in [3.63, 3.8) is 0 Å². The molecule has 1 N–H and O–H groups in total. The number of rotatable bonds is 0. The van der Waals surface area contributed by atoms with Crippen LogP contribution in [0.25, 0.3) is 0 Å². The van der Waals surface area contributed by atoms with E-state index in [9.17, 15) is 0 Å². The third-order valence-electron chi connectivity index (χ3n) is 1.42. The van der Waals surface area contributed by atoms with Crippen molar-refractivity contribution in [3.8, 4) is 0 Å². The standard InChI is InChI=1S/C5H4Cl2N4/c6-5-4(1-8-2-9-5)11(7)3-10-5/h1-3H,(H,8,9). The van der Waals surface area contributed by atoms with Gasteiger partial charge in [-0.2, -0.15) is 0 Å². The summed E-state index contributed by atoms with van der Waals surface area (Å²) >= 11 is 11.6. The highest BCUT2D eigenvalue weighted by Gasteiger charge is 2.39. The maximum atomic E-state index is 5.94. The molecule has 1 atom stereocenters. The molecule has 0 radical (unpaired) electrons. The Balaban J connectivity index is 2.43. The second-order valence-corrected chi connectivity index (χ2v) is 2.99. The molecule has 0 bridgehead atoms. The summed E-state index contributed by atoms with van der Waals surface area (Å²) in [6.07, 6.45) is 4.55. The molecule has 2 aliphatic heterocycles. The number of aliphatic imine (C=N–C) groups is 2. The number of fused-ring (bicyclic) bond motifs is 1. The van der Waals surface area contributed by atoms with E-state index in [1.807, 2.05) is 0 Å². The number of hydrogen-bond donors (Lipinski definition) is 1. The zero-order chi connectivity index (χ0) is 7.90. The van der Waals surface area contributed by atoms with Crippen molar-refractivity contribution in [1.82, 2.24) is 9.74 Å². The molecule has 0 aromatic heterocycles. The predicted molar refractivity (Wildman–Crippen MR) is 44.5 cm³/mol. The fraction of sp³-hybridized carbons (Fsp3) is 0.200. The quantitative estimate of drug-likeness (QED) is 0.350. The summed E-state index contributed by atoms with van der Waals surface area (Å²) in [4.78, 5) is 7.81. The largest absolute Gasteiger partial charge is 0.351 e. The van der Waals surface area contributed by atoms with Gasteiger partial charge in [0.1, 0.15) is 12.0 Å². The summed E-state index contributed by atoms with van der Waals surface area (Å²) in [7, 11) is 0. The van der Waals surface area contributed by atoms with E-state index in [0.717, 1.165) is 0 Å². The molecular weight excluding hydrogens is 187 g/mol. The summed E-state index contributed by atoms with van der Waals surface area (Å²) in [6, 6.07) is 0. The van der Waals surface area contributed by atoms with Crippen LogP contribution in [0.3, 0.4) is 0 Å². The number of hydrogen-bond acceptors (Lipinski definition) is 4. The minimum Gasteiger partial charge on any atom is -0.351 e. The molecule has 2 aliphatic rings. The minimum absolute atomic E-state index is 0.614. The Kier molecular flexibility index (Phi) is 1.34. The number of nitrogens with one attached hydrogen (secondary N) is 1. The molecule has 1 unspecified atom stereocenters. The third kappa shape index (κ3) is 0.902. The van der Waals surface area contributed by atoms with E-state index < -0.39 is 5.12 Å². The monoisotopic (exact) mass is 190 g/mol. The molecule has 0 aromatic carbocycles. The van der Waals surface area contributed by atoms with Crippen LogP contribution in [0.5, 0.6) is 0 Å². The first-order valence-corrected chi connectivity index (χ1v) is 3.64. The van der Waals surface area contributed by atoms with E-state index >= 15 is 0 Å². The molecule has 58 valence electrons. The maximum Gasteiger partial charge on any atom is 0.273 e. The van der Waals surface area contributed by atoms with Crippen molar-refractivity contribution in [1.29, 1.82) is 0 Å². The lowest BCUT2D eigenvalue weighted by Gasteiger charge is -2.19. The Morgan fingerprint density at radius 3 is 3.09 bits per heavy atom. The van der Waals surface area contributed by atoms with Crippen LogP contribution in [0.15, 0.2) is 21.9 Å². The summed E-state index contributed by atoms with van der Waals surface area (Å²) in [5.74, 6) is 0. The van der Waals surface area contributed by atoms with Gasteiger partial charge >= 0.3 is 0 Å². The number of halogens is 2. The lowest BCUT2D eigenvalue weighted by Crippen LogP contribution is -2.27. The van der Waals surface area contributed by atoms with Crippen LogP contribution in [0.1, 0.15) is 0 Å². The average molecular weight is 191 g/mol. The van der Waals surface area contributed by atoms with Crippen molar-refractivity contribution in [2.45, 2.75) is 5.12 Å². The Bertz CT molecular complexity index is 272. The van der Waals surface area contributed by atoms with E-state index in [4.69, 9.17) is 23.4 Å². The molecule has 6 heteroatoms. The number of nitrogens with zero attached hydrogens (tertiary/aromatic N) is 3. The first-order valence-electron chi connectivity index (χ1n) is 2.92. The summed E-state index contributed by atoms with van der Waals surface area (Å²) in [6.45, 7) is 0. The van der Waals surface area contributed by atoms with Gasteiger partial charge < -0.3 is 5.32 Å². The van der Waals surface area contributed by atoms with E-state index in [1.54, 1.807) is 6.20 Å². The Morgan fingerprint density at radius 2 is 2.36 bits per heavy atom. The van der Waals surface area contributed by atoms with Crippen LogP contribution in [-0.4, -0.2) is 22.2 Å². The van der Waals surface area contributed by atoms with Gasteiger partial charge in [0.25, 0.3) is 5.12 Å². The van der Waals surface area contributed by atoms with Gasteiger partial charge in [-0.05, 0) is 0 Å². The van der Waals surface area contributed by atoms with Crippen molar-refractivity contribution in [2.24, 2.45) is 9.98 Å². The molecule has 0 amide bonds. The molecule has 0 aromatic rings. The Labute approximate surface area is 73.3 Å². The van der Waals surface area contributed by atoms with Gasteiger partial charge in [0.05, 0.1) is 6.34 Å². The third-order valence-corrected chi connectivity index (χ3v) is 2.07. The second-order valence-electron chi connectivity index (χ2n) is 2.10. The average Bonchev–Trinajstić information content (AvgIpc) is 2.29. The summed E-state index contributed by atoms with van der Waals surface area (Å²) in [5.41, 5.74) is 0.614. The lowest BCUT2D eigenvalue weighted by atomic mass is 10.4.